The maximum Gasteiger partial charge on any atom is 0.224 e. The van der Waals surface area contributed by atoms with Crippen molar-refractivity contribution < 1.29 is 17.9 Å². The van der Waals surface area contributed by atoms with Crippen LogP contribution in [0, 0.1) is 0 Å². The molecule has 1 aliphatic heterocycles. The van der Waals surface area contributed by atoms with Crippen LogP contribution in [0.5, 0.6) is 5.75 Å². The second kappa shape index (κ2) is 8.31. The third kappa shape index (κ3) is 5.51. The van der Waals surface area contributed by atoms with E-state index in [4.69, 9.17) is 4.74 Å². The van der Waals surface area contributed by atoms with Gasteiger partial charge in [-0.3, -0.25) is 4.79 Å². The average molecular weight is 340 g/mol. The van der Waals surface area contributed by atoms with E-state index in [0.29, 0.717) is 32.5 Å². The molecular formula is C16H24N2O4S. The molecule has 1 aromatic rings. The molecule has 2 rings (SSSR count). The number of nitrogens with zero attached hydrogens (tertiary/aromatic N) is 1. The highest BCUT2D eigenvalue weighted by molar-refractivity contribution is 7.89. The monoisotopic (exact) mass is 340 g/mol. The molecule has 0 spiro atoms. The molecule has 1 fully saturated rings. The minimum atomic E-state index is -3.07. The first-order chi connectivity index (χ1) is 11.0. The number of nitrogens with one attached hydrogen (secondary N) is 1. The summed E-state index contributed by atoms with van der Waals surface area (Å²) in [5.74, 6) is 0.949. The van der Waals surface area contributed by atoms with Gasteiger partial charge in [0.1, 0.15) is 5.75 Å². The molecule has 23 heavy (non-hydrogen) atoms. The van der Waals surface area contributed by atoms with Crippen LogP contribution in [-0.4, -0.2) is 51.1 Å². The number of hydrogen-bond donors (Lipinski definition) is 1. The van der Waals surface area contributed by atoms with Crippen LogP contribution in [0.1, 0.15) is 24.8 Å². The molecule has 1 heterocycles. The quantitative estimate of drug-likeness (QED) is 0.756. The van der Waals surface area contributed by atoms with Crippen LogP contribution in [0.3, 0.4) is 0 Å². The van der Waals surface area contributed by atoms with E-state index in [-0.39, 0.29) is 11.7 Å². The maximum absolute atomic E-state index is 11.9. The van der Waals surface area contributed by atoms with Gasteiger partial charge in [0, 0.05) is 19.6 Å². The van der Waals surface area contributed by atoms with Crippen LogP contribution < -0.4 is 10.1 Å². The molecule has 0 aliphatic carbocycles. The van der Waals surface area contributed by atoms with Crippen molar-refractivity contribution >= 4 is 15.9 Å². The van der Waals surface area contributed by atoms with Crippen molar-refractivity contribution in [3.8, 4) is 5.75 Å². The Hall–Kier alpha value is -1.60. The van der Waals surface area contributed by atoms with Crippen LogP contribution in [0.15, 0.2) is 24.3 Å². The Balaban J connectivity index is 1.68. The second-order valence-electron chi connectivity index (χ2n) is 5.65. The number of carbonyl (C=O) groups excluding carboxylic acids is 1. The summed E-state index contributed by atoms with van der Waals surface area (Å²) in [5, 5.41) is 2.83. The molecule has 1 aromatic carbocycles. The highest BCUT2D eigenvalue weighted by atomic mass is 32.2. The number of methoxy groups -OCH3 is 1. The van der Waals surface area contributed by atoms with Crippen LogP contribution in [0.25, 0.3) is 0 Å². The van der Waals surface area contributed by atoms with Crippen molar-refractivity contribution in [2.24, 2.45) is 0 Å². The van der Waals surface area contributed by atoms with Crippen LogP contribution >= 0.6 is 0 Å². The van der Waals surface area contributed by atoms with E-state index in [1.165, 1.54) is 4.31 Å². The molecule has 128 valence electrons. The van der Waals surface area contributed by atoms with E-state index in [0.717, 1.165) is 24.2 Å². The van der Waals surface area contributed by atoms with Gasteiger partial charge < -0.3 is 10.1 Å². The number of amides is 1. The first kappa shape index (κ1) is 17.7. The van der Waals surface area contributed by atoms with E-state index in [1.54, 1.807) is 7.11 Å². The molecule has 0 aromatic heterocycles. The molecule has 1 N–H and O–H groups in total. The Morgan fingerprint density at radius 1 is 1.26 bits per heavy atom. The van der Waals surface area contributed by atoms with Crippen molar-refractivity contribution in [1.29, 1.82) is 0 Å². The SMILES string of the molecule is COc1ccc(CC(=O)NCCCN2CCCCS2(=O)=O)cc1. The molecule has 0 saturated carbocycles. The Morgan fingerprint density at radius 3 is 2.65 bits per heavy atom. The van der Waals surface area contributed by atoms with Gasteiger partial charge in [0.2, 0.25) is 15.9 Å². The Labute approximate surface area is 137 Å². The van der Waals surface area contributed by atoms with Gasteiger partial charge in [0.15, 0.2) is 0 Å². The standard InChI is InChI=1S/C16H24N2O4S/c1-22-15-7-5-14(6-8-15)13-16(19)17-9-4-11-18-10-2-3-12-23(18,20)21/h5-8H,2-4,9-13H2,1H3,(H,17,19). The van der Waals surface area contributed by atoms with Crippen LogP contribution in [0.2, 0.25) is 0 Å². The summed E-state index contributed by atoms with van der Waals surface area (Å²) in [6.07, 6.45) is 2.61. The summed E-state index contributed by atoms with van der Waals surface area (Å²) in [5.41, 5.74) is 0.918. The first-order valence-corrected chi connectivity index (χ1v) is 9.49. The Morgan fingerprint density at radius 2 is 2.00 bits per heavy atom. The van der Waals surface area contributed by atoms with Crippen molar-refractivity contribution in [2.75, 3.05) is 32.5 Å². The molecule has 1 saturated heterocycles. The number of benzene rings is 1. The number of sulfonamides is 1. The average Bonchev–Trinajstić information content (AvgIpc) is 2.53. The van der Waals surface area contributed by atoms with E-state index < -0.39 is 10.0 Å². The van der Waals surface area contributed by atoms with Gasteiger partial charge in [0.25, 0.3) is 0 Å². The molecule has 0 radical (unpaired) electrons. The highest BCUT2D eigenvalue weighted by Crippen LogP contribution is 2.13. The van der Waals surface area contributed by atoms with Crippen molar-refractivity contribution in [3.05, 3.63) is 29.8 Å². The van der Waals surface area contributed by atoms with Crippen LogP contribution in [0.4, 0.5) is 0 Å². The molecule has 0 unspecified atom stereocenters. The van der Waals surface area contributed by atoms with Gasteiger partial charge in [0.05, 0.1) is 19.3 Å². The molecular weight excluding hydrogens is 316 g/mol. The van der Waals surface area contributed by atoms with Gasteiger partial charge in [-0.15, -0.1) is 0 Å². The normalized spacial score (nSPS) is 17.6. The van der Waals surface area contributed by atoms with Crippen molar-refractivity contribution in [3.63, 3.8) is 0 Å². The molecule has 1 aliphatic rings. The first-order valence-electron chi connectivity index (χ1n) is 7.89. The smallest absolute Gasteiger partial charge is 0.224 e. The summed E-state index contributed by atoms with van der Waals surface area (Å²) < 4.78 is 30.3. The molecule has 0 atom stereocenters. The van der Waals surface area contributed by atoms with Crippen molar-refractivity contribution in [2.45, 2.75) is 25.7 Å². The Kier molecular flexibility index (Phi) is 6.41. The summed E-state index contributed by atoms with van der Waals surface area (Å²) in [6, 6.07) is 7.37. The number of ether oxygens (including phenoxy) is 1. The number of hydrogen-bond acceptors (Lipinski definition) is 4. The van der Waals surface area contributed by atoms with E-state index in [2.05, 4.69) is 5.32 Å². The summed E-state index contributed by atoms with van der Waals surface area (Å²) in [4.78, 5) is 11.9. The van der Waals surface area contributed by atoms with E-state index in [9.17, 15) is 13.2 Å². The zero-order chi connectivity index (χ0) is 16.7. The summed E-state index contributed by atoms with van der Waals surface area (Å²) in [7, 11) is -1.47. The number of carbonyl (C=O) groups is 1. The van der Waals surface area contributed by atoms with E-state index >= 15 is 0 Å². The summed E-state index contributed by atoms with van der Waals surface area (Å²) >= 11 is 0. The van der Waals surface area contributed by atoms with Gasteiger partial charge >= 0.3 is 0 Å². The molecule has 6 nitrogen and oxygen atoms in total. The Bertz CT molecular complexity index is 613. The lowest BCUT2D eigenvalue weighted by atomic mass is 10.1. The lowest BCUT2D eigenvalue weighted by molar-refractivity contribution is -0.120. The third-order valence-corrected chi connectivity index (χ3v) is 5.84. The lowest BCUT2D eigenvalue weighted by Crippen LogP contribution is -2.39. The topological polar surface area (TPSA) is 75.7 Å². The molecule has 7 heteroatoms. The minimum Gasteiger partial charge on any atom is -0.497 e. The largest absolute Gasteiger partial charge is 0.497 e. The van der Waals surface area contributed by atoms with E-state index in [1.807, 2.05) is 24.3 Å². The highest BCUT2D eigenvalue weighted by Gasteiger charge is 2.24. The van der Waals surface area contributed by atoms with Crippen molar-refractivity contribution in [1.82, 2.24) is 9.62 Å². The zero-order valence-corrected chi connectivity index (χ0v) is 14.3. The molecule has 0 bridgehead atoms. The minimum absolute atomic E-state index is 0.0586. The summed E-state index contributed by atoms with van der Waals surface area (Å²) in [6.45, 7) is 1.56. The predicted molar refractivity (Wildman–Crippen MR) is 88.9 cm³/mol. The third-order valence-electron chi connectivity index (χ3n) is 3.88. The lowest BCUT2D eigenvalue weighted by Gasteiger charge is -2.26. The van der Waals surface area contributed by atoms with Gasteiger partial charge in [-0.05, 0) is 37.0 Å². The number of rotatable bonds is 7. The van der Waals surface area contributed by atoms with Gasteiger partial charge in [-0.2, -0.15) is 0 Å². The maximum atomic E-state index is 11.9. The second-order valence-corrected chi connectivity index (χ2v) is 7.74. The molecule has 1 amide bonds. The van der Waals surface area contributed by atoms with Gasteiger partial charge in [-0.25, -0.2) is 12.7 Å². The van der Waals surface area contributed by atoms with Gasteiger partial charge in [-0.1, -0.05) is 12.1 Å². The fourth-order valence-electron chi connectivity index (χ4n) is 2.57. The fraction of sp³-hybridized carbons (Fsp3) is 0.562. The fourth-order valence-corrected chi connectivity index (χ4v) is 4.21. The predicted octanol–water partition coefficient (Wildman–Crippen LogP) is 1.17. The van der Waals surface area contributed by atoms with Crippen LogP contribution in [-0.2, 0) is 21.2 Å². The zero-order valence-electron chi connectivity index (χ0n) is 13.5.